The van der Waals surface area contributed by atoms with Crippen molar-refractivity contribution in [2.24, 2.45) is 4.99 Å². The fourth-order valence-electron chi connectivity index (χ4n) is 3.55. The Bertz CT molecular complexity index is 823. The summed E-state index contributed by atoms with van der Waals surface area (Å²) < 4.78 is 38.7. The summed E-state index contributed by atoms with van der Waals surface area (Å²) in [7, 11) is 1.90. The average Bonchev–Trinajstić information content (AvgIpc) is 2.89. The van der Waals surface area contributed by atoms with Crippen LogP contribution in [-0.2, 0) is 11.6 Å². The number of hydrogen-bond acceptors (Lipinski definition) is 2. The van der Waals surface area contributed by atoms with Crippen LogP contribution < -0.4 is 4.90 Å². The van der Waals surface area contributed by atoms with Crippen LogP contribution in [0, 0.1) is 0 Å². The lowest BCUT2D eigenvalue weighted by molar-refractivity contribution is -0.137. The van der Waals surface area contributed by atoms with Crippen LogP contribution in [-0.4, -0.2) is 12.9 Å². The lowest BCUT2D eigenvalue weighted by atomic mass is 9.78. The summed E-state index contributed by atoms with van der Waals surface area (Å²) in [4.78, 5) is 6.46. The van der Waals surface area contributed by atoms with E-state index in [0.717, 1.165) is 34.8 Å². The molecule has 1 unspecified atom stereocenters. The van der Waals surface area contributed by atoms with Crippen LogP contribution in [0.15, 0.2) is 47.5 Å². The van der Waals surface area contributed by atoms with Gasteiger partial charge in [-0.2, -0.15) is 13.2 Å². The van der Waals surface area contributed by atoms with Crippen LogP contribution in [0.4, 0.5) is 24.5 Å². The first kappa shape index (κ1) is 13.4. The predicted octanol–water partition coefficient (Wildman–Crippen LogP) is 4.50. The molecule has 22 heavy (non-hydrogen) atoms. The van der Waals surface area contributed by atoms with Gasteiger partial charge in [-0.05, 0) is 36.2 Å². The number of anilines is 1. The van der Waals surface area contributed by atoms with Crippen molar-refractivity contribution in [1.29, 1.82) is 0 Å². The molecule has 2 aromatic carbocycles. The maximum Gasteiger partial charge on any atom is 0.416 e. The number of hydrogen-bond donors (Lipinski definition) is 0. The Morgan fingerprint density at radius 2 is 1.77 bits per heavy atom. The fraction of sp³-hybridized carbons (Fsp3) is 0.235. The van der Waals surface area contributed by atoms with Gasteiger partial charge in [0.15, 0.2) is 0 Å². The highest BCUT2D eigenvalue weighted by Gasteiger charge is 2.50. The Morgan fingerprint density at radius 3 is 2.50 bits per heavy atom. The van der Waals surface area contributed by atoms with Crippen molar-refractivity contribution in [3.8, 4) is 0 Å². The van der Waals surface area contributed by atoms with Crippen molar-refractivity contribution < 1.29 is 13.2 Å². The number of likely N-dealkylation sites (N-methyl/N-ethyl adjacent to an activating group) is 1. The minimum absolute atomic E-state index is 0.411. The van der Waals surface area contributed by atoms with E-state index in [0.29, 0.717) is 5.69 Å². The van der Waals surface area contributed by atoms with E-state index in [9.17, 15) is 13.2 Å². The van der Waals surface area contributed by atoms with E-state index in [1.807, 2.05) is 43.1 Å². The molecule has 112 valence electrons. The first-order valence-electron chi connectivity index (χ1n) is 6.97. The molecule has 0 saturated carbocycles. The SMILES string of the molecule is CN1C2=Nc3cc(C(F)(F)F)ccc3C2(C)c2ccccc21. The first-order valence-corrected chi connectivity index (χ1v) is 6.97. The predicted molar refractivity (Wildman–Crippen MR) is 79.8 cm³/mol. The van der Waals surface area contributed by atoms with Gasteiger partial charge in [0.2, 0.25) is 0 Å². The molecule has 2 aliphatic heterocycles. The number of benzene rings is 2. The van der Waals surface area contributed by atoms with Gasteiger partial charge in [-0.1, -0.05) is 24.3 Å². The topological polar surface area (TPSA) is 15.6 Å². The third-order valence-corrected chi connectivity index (χ3v) is 4.66. The molecular formula is C17H13F3N2. The quantitative estimate of drug-likeness (QED) is 0.699. The molecule has 1 atom stereocenters. The van der Waals surface area contributed by atoms with Gasteiger partial charge in [0.05, 0.1) is 16.7 Å². The molecule has 2 aliphatic rings. The summed E-state index contributed by atoms with van der Waals surface area (Å²) in [5.41, 5.74) is 2.23. The second kappa shape index (κ2) is 3.91. The second-order valence-corrected chi connectivity index (χ2v) is 5.87. The van der Waals surface area contributed by atoms with Gasteiger partial charge in [-0.15, -0.1) is 0 Å². The summed E-state index contributed by atoms with van der Waals surface area (Å²) in [6.45, 7) is 2.02. The van der Waals surface area contributed by atoms with Gasteiger partial charge < -0.3 is 4.90 Å². The van der Waals surface area contributed by atoms with Crippen LogP contribution in [0.1, 0.15) is 23.6 Å². The zero-order valence-corrected chi connectivity index (χ0v) is 12.1. The van der Waals surface area contributed by atoms with Crippen LogP contribution in [0.2, 0.25) is 0 Å². The van der Waals surface area contributed by atoms with E-state index in [-0.39, 0.29) is 0 Å². The fourth-order valence-corrected chi connectivity index (χ4v) is 3.55. The smallest absolute Gasteiger partial charge is 0.332 e. The third-order valence-electron chi connectivity index (χ3n) is 4.66. The van der Waals surface area contributed by atoms with E-state index >= 15 is 0 Å². The molecule has 0 aromatic heterocycles. The molecule has 0 aliphatic carbocycles. The monoisotopic (exact) mass is 302 g/mol. The largest absolute Gasteiger partial charge is 0.416 e. The van der Waals surface area contributed by atoms with Gasteiger partial charge in [0, 0.05) is 12.7 Å². The number of halogens is 3. The van der Waals surface area contributed by atoms with Crippen LogP contribution in [0.5, 0.6) is 0 Å². The highest BCUT2D eigenvalue weighted by Crippen LogP contribution is 2.53. The minimum atomic E-state index is -4.35. The number of amidine groups is 1. The summed E-state index contributed by atoms with van der Waals surface area (Å²) >= 11 is 0. The average molecular weight is 302 g/mol. The molecule has 0 saturated heterocycles. The number of nitrogens with zero attached hydrogens (tertiary/aromatic N) is 2. The van der Waals surface area contributed by atoms with Gasteiger partial charge in [-0.3, -0.25) is 0 Å². The van der Waals surface area contributed by atoms with E-state index in [4.69, 9.17) is 0 Å². The first-order chi connectivity index (χ1) is 10.3. The number of aliphatic imine (C=N–C) groups is 1. The maximum atomic E-state index is 12.9. The lowest BCUT2D eigenvalue weighted by Crippen LogP contribution is -2.34. The molecule has 0 N–H and O–H groups in total. The Hall–Kier alpha value is -2.30. The molecule has 0 fully saturated rings. The van der Waals surface area contributed by atoms with E-state index < -0.39 is 17.2 Å². The Balaban J connectivity index is 1.95. The van der Waals surface area contributed by atoms with Crippen molar-refractivity contribution in [3.63, 3.8) is 0 Å². The lowest BCUT2D eigenvalue weighted by Gasteiger charge is -2.23. The zero-order chi connectivity index (χ0) is 15.7. The van der Waals surface area contributed by atoms with Gasteiger partial charge >= 0.3 is 6.18 Å². The number of para-hydroxylation sites is 1. The summed E-state index contributed by atoms with van der Waals surface area (Å²) in [6, 6.07) is 11.8. The Labute approximate surface area is 125 Å². The highest BCUT2D eigenvalue weighted by atomic mass is 19.4. The van der Waals surface area contributed by atoms with Crippen LogP contribution >= 0.6 is 0 Å². The molecule has 0 spiro atoms. The maximum absolute atomic E-state index is 12.9. The van der Waals surface area contributed by atoms with Gasteiger partial charge in [0.1, 0.15) is 5.84 Å². The molecule has 0 amide bonds. The Kier molecular flexibility index (Phi) is 2.38. The molecule has 0 radical (unpaired) electrons. The second-order valence-electron chi connectivity index (χ2n) is 5.87. The normalized spacial score (nSPS) is 22.2. The van der Waals surface area contributed by atoms with E-state index in [2.05, 4.69) is 4.99 Å². The Morgan fingerprint density at radius 1 is 1.05 bits per heavy atom. The van der Waals surface area contributed by atoms with Crippen molar-refractivity contribution in [1.82, 2.24) is 0 Å². The van der Waals surface area contributed by atoms with Gasteiger partial charge in [-0.25, -0.2) is 4.99 Å². The molecule has 2 aromatic rings. The summed E-state index contributed by atoms with van der Waals surface area (Å²) in [6.07, 6.45) is -4.35. The zero-order valence-electron chi connectivity index (χ0n) is 12.1. The number of alkyl halides is 3. The van der Waals surface area contributed by atoms with Crippen LogP contribution in [0.3, 0.4) is 0 Å². The van der Waals surface area contributed by atoms with Crippen molar-refractivity contribution >= 4 is 17.2 Å². The van der Waals surface area contributed by atoms with Gasteiger partial charge in [0.25, 0.3) is 0 Å². The van der Waals surface area contributed by atoms with Crippen molar-refractivity contribution in [2.75, 3.05) is 11.9 Å². The minimum Gasteiger partial charge on any atom is -0.332 e. The molecule has 2 heterocycles. The standard InChI is InChI=1S/C17H13F3N2/c1-16-11-8-7-10(17(18,19)20)9-13(11)21-15(16)22(2)14-6-4-3-5-12(14)16/h3-9H,1-2H3. The highest BCUT2D eigenvalue weighted by molar-refractivity contribution is 6.17. The molecule has 5 heteroatoms. The number of fused-ring (bicyclic) bond motifs is 5. The molecule has 2 nitrogen and oxygen atoms in total. The third kappa shape index (κ3) is 1.48. The van der Waals surface area contributed by atoms with Crippen molar-refractivity contribution in [2.45, 2.75) is 18.5 Å². The van der Waals surface area contributed by atoms with E-state index in [1.54, 1.807) is 6.07 Å². The molecule has 0 bridgehead atoms. The summed E-state index contributed by atoms with van der Waals surface area (Å²) in [5.74, 6) is 0.781. The van der Waals surface area contributed by atoms with E-state index in [1.165, 1.54) is 0 Å². The van der Waals surface area contributed by atoms with Crippen LogP contribution in [0.25, 0.3) is 0 Å². The number of rotatable bonds is 0. The summed E-state index contributed by atoms with van der Waals surface area (Å²) in [5, 5.41) is 0. The molecule has 4 rings (SSSR count). The molecular weight excluding hydrogens is 289 g/mol. The van der Waals surface area contributed by atoms with Crippen molar-refractivity contribution in [3.05, 3.63) is 59.2 Å².